The van der Waals surface area contributed by atoms with Gasteiger partial charge < -0.3 is 20.1 Å². The quantitative estimate of drug-likeness (QED) is 0.767. The molecule has 20 heavy (non-hydrogen) atoms. The van der Waals surface area contributed by atoms with E-state index in [0.717, 1.165) is 25.9 Å². The van der Waals surface area contributed by atoms with Gasteiger partial charge in [-0.25, -0.2) is 0 Å². The first-order valence-corrected chi connectivity index (χ1v) is 7.46. The van der Waals surface area contributed by atoms with Gasteiger partial charge in [0.25, 0.3) is 0 Å². The Morgan fingerprint density at radius 3 is 2.95 bits per heavy atom. The molecule has 114 valence electrons. The monoisotopic (exact) mass is 284 g/mol. The molecule has 6 heteroatoms. The summed E-state index contributed by atoms with van der Waals surface area (Å²) < 4.78 is 5.36. The summed E-state index contributed by atoms with van der Waals surface area (Å²) >= 11 is 0. The van der Waals surface area contributed by atoms with Crippen LogP contribution in [0.5, 0.6) is 0 Å². The van der Waals surface area contributed by atoms with Crippen molar-refractivity contribution in [3.8, 4) is 0 Å². The van der Waals surface area contributed by atoms with Crippen molar-refractivity contribution in [2.75, 3.05) is 32.8 Å². The number of nitrogens with zero attached hydrogens (tertiary/aromatic N) is 1. The molecule has 0 saturated carbocycles. The Bertz CT molecular complexity index is 342. The lowest BCUT2D eigenvalue weighted by molar-refractivity contribution is -0.137. The van der Waals surface area contributed by atoms with Crippen LogP contribution in [0.15, 0.2) is 0 Å². The van der Waals surface area contributed by atoms with E-state index in [-0.39, 0.29) is 18.4 Å². The van der Waals surface area contributed by atoms with E-state index >= 15 is 0 Å². The zero-order valence-corrected chi connectivity index (χ0v) is 11.8. The smallest absolute Gasteiger partial charge is 0.303 e. The third-order valence-corrected chi connectivity index (χ3v) is 4.06. The van der Waals surface area contributed by atoms with Crippen LogP contribution in [0.1, 0.15) is 32.1 Å². The SMILES string of the molecule is O=C(O)CCC1CCCN(C(=O)CC2COCCN2)C1. The molecule has 2 aliphatic heterocycles. The van der Waals surface area contributed by atoms with Gasteiger partial charge in [-0.15, -0.1) is 0 Å². The maximum atomic E-state index is 12.3. The number of rotatable bonds is 5. The number of likely N-dealkylation sites (tertiary alicyclic amines) is 1. The Morgan fingerprint density at radius 2 is 2.25 bits per heavy atom. The number of morpholine rings is 1. The Balaban J connectivity index is 1.75. The first-order chi connectivity index (χ1) is 9.65. The predicted octanol–water partition coefficient (Wildman–Crippen LogP) is 0.468. The van der Waals surface area contributed by atoms with Crippen molar-refractivity contribution in [1.29, 1.82) is 0 Å². The van der Waals surface area contributed by atoms with E-state index in [0.29, 0.717) is 38.5 Å². The van der Waals surface area contributed by atoms with Gasteiger partial charge >= 0.3 is 5.97 Å². The van der Waals surface area contributed by atoms with Crippen LogP contribution in [-0.4, -0.2) is 60.8 Å². The van der Waals surface area contributed by atoms with Crippen LogP contribution in [0.2, 0.25) is 0 Å². The molecule has 0 bridgehead atoms. The van der Waals surface area contributed by atoms with Crippen molar-refractivity contribution >= 4 is 11.9 Å². The molecule has 6 nitrogen and oxygen atoms in total. The minimum absolute atomic E-state index is 0.121. The van der Waals surface area contributed by atoms with E-state index in [1.165, 1.54) is 0 Å². The van der Waals surface area contributed by atoms with Crippen molar-refractivity contribution in [2.45, 2.75) is 38.1 Å². The number of nitrogens with one attached hydrogen (secondary N) is 1. The van der Waals surface area contributed by atoms with Gasteiger partial charge in [0, 0.05) is 38.5 Å². The molecule has 0 aliphatic carbocycles. The molecule has 2 saturated heterocycles. The van der Waals surface area contributed by atoms with E-state index in [1.807, 2.05) is 4.90 Å². The van der Waals surface area contributed by atoms with Crippen LogP contribution in [0.4, 0.5) is 0 Å². The number of carboxylic acid groups (broad SMARTS) is 1. The number of hydrogen-bond donors (Lipinski definition) is 2. The fraction of sp³-hybridized carbons (Fsp3) is 0.857. The van der Waals surface area contributed by atoms with Gasteiger partial charge in [0.2, 0.25) is 5.91 Å². The molecule has 2 N–H and O–H groups in total. The number of hydrogen-bond acceptors (Lipinski definition) is 4. The zero-order chi connectivity index (χ0) is 14.4. The van der Waals surface area contributed by atoms with Gasteiger partial charge in [-0.05, 0) is 25.2 Å². The van der Waals surface area contributed by atoms with Crippen molar-refractivity contribution in [1.82, 2.24) is 10.2 Å². The molecule has 2 fully saturated rings. The third-order valence-electron chi connectivity index (χ3n) is 4.06. The molecule has 2 unspecified atom stereocenters. The van der Waals surface area contributed by atoms with Crippen LogP contribution in [-0.2, 0) is 14.3 Å². The molecular formula is C14H24N2O4. The summed E-state index contributed by atoms with van der Waals surface area (Å²) in [5.41, 5.74) is 0. The van der Waals surface area contributed by atoms with E-state index in [2.05, 4.69) is 5.32 Å². The van der Waals surface area contributed by atoms with Gasteiger partial charge in [0.15, 0.2) is 0 Å². The number of aliphatic carboxylic acids is 1. The molecule has 2 heterocycles. The summed E-state index contributed by atoms with van der Waals surface area (Å²) in [6.45, 7) is 3.63. The molecule has 0 radical (unpaired) electrons. The summed E-state index contributed by atoms with van der Waals surface area (Å²) in [4.78, 5) is 24.8. The van der Waals surface area contributed by atoms with E-state index in [1.54, 1.807) is 0 Å². The topological polar surface area (TPSA) is 78.9 Å². The first-order valence-electron chi connectivity index (χ1n) is 7.46. The Labute approximate surface area is 119 Å². The number of carboxylic acids is 1. The number of ether oxygens (including phenoxy) is 1. The molecule has 0 aromatic heterocycles. The number of amides is 1. The molecule has 2 atom stereocenters. The molecule has 0 aromatic rings. The van der Waals surface area contributed by atoms with Crippen molar-refractivity contribution < 1.29 is 19.4 Å². The average Bonchev–Trinajstić information content (AvgIpc) is 2.46. The normalized spacial score (nSPS) is 27.3. The van der Waals surface area contributed by atoms with Gasteiger partial charge in [0.1, 0.15) is 0 Å². The largest absolute Gasteiger partial charge is 0.481 e. The first kappa shape index (κ1) is 15.3. The van der Waals surface area contributed by atoms with Gasteiger partial charge in [-0.3, -0.25) is 9.59 Å². The standard InChI is InChI=1S/C14H24N2O4/c17-13(8-12-10-20-7-5-15-12)16-6-1-2-11(9-16)3-4-14(18)19/h11-12,15H,1-10H2,(H,18,19). The number of carbonyl (C=O) groups is 2. The van der Waals surface area contributed by atoms with Crippen LogP contribution < -0.4 is 5.32 Å². The Morgan fingerprint density at radius 1 is 1.40 bits per heavy atom. The maximum absolute atomic E-state index is 12.3. The van der Waals surface area contributed by atoms with Crippen LogP contribution in [0.3, 0.4) is 0 Å². The summed E-state index contributed by atoms with van der Waals surface area (Å²) in [6.07, 6.45) is 3.35. The second-order valence-corrected chi connectivity index (χ2v) is 5.71. The van der Waals surface area contributed by atoms with Crippen LogP contribution >= 0.6 is 0 Å². The summed E-state index contributed by atoms with van der Waals surface area (Å²) in [5.74, 6) is -0.260. The van der Waals surface area contributed by atoms with E-state index < -0.39 is 5.97 Å². The van der Waals surface area contributed by atoms with Crippen molar-refractivity contribution in [3.05, 3.63) is 0 Å². The highest BCUT2D eigenvalue weighted by molar-refractivity contribution is 5.77. The fourth-order valence-electron chi connectivity index (χ4n) is 2.95. The second kappa shape index (κ2) is 7.59. The average molecular weight is 284 g/mol. The third kappa shape index (κ3) is 4.76. The zero-order valence-electron chi connectivity index (χ0n) is 11.8. The highest BCUT2D eigenvalue weighted by Crippen LogP contribution is 2.21. The van der Waals surface area contributed by atoms with Gasteiger partial charge in [-0.1, -0.05) is 0 Å². The van der Waals surface area contributed by atoms with Crippen LogP contribution in [0, 0.1) is 5.92 Å². The fourth-order valence-corrected chi connectivity index (χ4v) is 2.95. The number of carbonyl (C=O) groups excluding carboxylic acids is 1. The van der Waals surface area contributed by atoms with Crippen LogP contribution in [0.25, 0.3) is 0 Å². The molecule has 1 amide bonds. The highest BCUT2D eigenvalue weighted by Gasteiger charge is 2.26. The second-order valence-electron chi connectivity index (χ2n) is 5.71. The molecule has 0 spiro atoms. The number of piperidine rings is 1. The molecule has 2 rings (SSSR count). The molecule has 0 aromatic carbocycles. The van der Waals surface area contributed by atoms with E-state index in [9.17, 15) is 9.59 Å². The maximum Gasteiger partial charge on any atom is 0.303 e. The minimum atomic E-state index is -0.753. The summed E-state index contributed by atoms with van der Waals surface area (Å²) in [7, 11) is 0. The van der Waals surface area contributed by atoms with Gasteiger partial charge in [-0.2, -0.15) is 0 Å². The van der Waals surface area contributed by atoms with Crippen molar-refractivity contribution in [3.63, 3.8) is 0 Å². The van der Waals surface area contributed by atoms with Gasteiger partial charge in [0.05, 0.1) is 13.2 Å². The highest BCUT2D eigenvalue weighted by atomic mass is 16.5. The predicted molar refractivity (Wildman–Crippen MR) is 73.4 cm³/mol. The Kier molecular flexibility index (Phi) is 5.79. The van der Waals surface area contributed by atoms with E-state index in [4.69, 9.17) is 9.84 Å². The lowest BCUT2D eigenvalue weighted by atomic mass is 9.93. The molecule has 2 aliphatic rings. The summed E-state index contributed by atoms with van der Waals surface area (Å²) in [6, 6.07) is 0.121. The lowest BCUT2D eigenvalue weighted by Crippen LogP contribution is -2.47. The Hall–Kier alpha value is -1.14. The lowest BCUT2D eigenvalue weighted by Gasteiger charge is -2.34. The minimum Gasteiger partial charge on any atom is -0.481 e. The summed E-state index contributed by atoms with van der Waals surface area (Å²) in [5, 5.41) is 12.0. The molecular weight excluding hydrogens is 260 g/mol. The van der Waals surface area contributed by atoms with Crippen molar-refractivity contribution in [2.24, 2.45) is 5.92 Å².